The third-order valence-corrected chi connectivity index (χ3v) is 7.04. The lowest BCUT2D eigenvalue weighted by Gasteiger charge is -2.35. The molecule has 33 heavy (non-hydrogen) atoms. The van der Waals surface area contributed by atoms with Crippen LogP contribution in [0.3, 0.4) is 0 Å². The molecule has 1 aromatic heterocycles. The van der Waals surface area contributed by atoms with Crippen LogP contribution in [0.1, 0.15) is 44.6 Å². The number of benzene rings is 1. The molecule has 2 amide bonds. The summed E-state index contributed by atoms with van der Waals surface area (Å²) in [4.78, 5) is 24.7. The van der Waals surface area contributed by atoms with Crippen molar-refractivity contribution in [3.63, 3.8) is 0 Å². The predicted molar refractivity (Wildman–Crippen MR) is 137 cm³/mol. The monoisotopic (exact) mass is 452 g/mol. The number of nitrogens with zero attached hydrogens (tertiary/aromatic N) is 4. The molecule has 0 spiro atoms. The van der Waals surface area contributed by atoms with Crippen molar-refractivity contribution < 1.29 is 4.79 Å². The molecule has 7 heteroatoms. The van der Waals surface area contributed by atoms with E-state index in [4.69, 9.17) is 4.98 Å². The van der Waals surface area contributed by atoms with E-state index in [1.807, 2.05) is 18.2 Å². The van der Waals surface area contributed by atoms with Gasteiger partial charge in [-0.15, -0.1) is 0 Å². The van der Waals surface area contributed by atoms with Gasteiger partial charge in [0, 0.05) is 43.8 Å². The van der Waals surface area contributed by atoms with Crippen molar-refractivity contribution in [2.75, 3.05) is 69.1 Å². The second-order valence-corrected chi connectivity index (χ2v) is 9.44. The Labute approximate surface area is 198 Å². The Kier molecular flexibility index (Phi) is 8.40. The number of nitrogens with one attached hydrogen (secondary N) is 2. The minimum Gasteiger partial charge on any atom is -0.354 e. The van der Waals surface area contributed by atoms with E-state index in [0.717, 1.165) is 68.1 Å². The number of likely N-dealkylation sites (tertiary alicyclic amines) is 1. The number of carbonyl (C=O) groups is 1. The molecule has 4 rings (SSSR count). The second kappa shape index (κ2) is 11.7. The number of aromatic nitrogens is 1. The van der Waals surface area contributed by atoms with E-state index in [-0.39, 0.29) is 6.03 Å². The number of aryl methyl sites for hydroxylation is 1. The molecule has 2 aromatic rings. The number of fused-ring (bicyclic) bond motifs is 1. The quantitative estimate of drug-likeness (QED) is 0.620. The molecule has 0 saturated carbocycles. The fourth-order valence-electron chi connectivity index (χ4n) is 4.95. The molecule has 0 unspecified atom stereocenters. The number of likely N-dealkylation sites (N-methyl/N-ethyl adjacent to an activating group) is 1. The Bertz CT molecular complexity index is 916. The van der Waals surface area contributed by atoms with E-state index in [9.17, 15) is 4.79 Å². The van der Waals surface area contributed by atoms with Crippen LogP contribution in [-0.2, 0) is 0 Å². The molecule has 2 saturated heterocycles. The number of urea groups is 1. The Balaban J connectivity index is 1.29. The molecule has 0 radical (unpaired) electrons. The lowest BCUT2D eigenvalue weighted by atomic mass is 10.1. The molecule has 2 aliphatic heterocycles. The Hall–Kier alpha value is -2.38. The summed E-state index contributed by atoms with van der Waals surface area (Å²) in [5, 5.41) is 7.09. The fourth-order valence-corrected chi connectivity index (χ4v) is 4.95. The topological polar surface area (TPSA) is 63.7 Å². The summed E-state index contributed by atoms with van der Waals surface area (Å²) in [5.41, 5.74) is 2.97. The third kappa shape index (κ3) is 6.58. The number of amides is 2. The number of rotatable bonds is 7. The highest BCUT2D eigenvalue weighted by atomic mass is 16.2. The first-order valence-corrected chi connectivity index (χ1v) is 12.8. The zero-order valence-corrected chi connectivity index (χ0v) is 20.4. The fraction of sp³-hybridized carbons (Fsp3) is 0.615. The zero-order valence-electron chi connectivity index (χ0n) is 20.4. The maximum Gasteiger partial charge on any atom is 0.319 e. The number of piperazine rings is 1. The average Bonchev–Trinajstić information content (AvgIpc) is 3.11. The van der Waals surface area contributed by atoms with Gasteiger partial charge >= 0.3 is 6.03 Å². The highest BCUT2D eigenvalue weighted by Crippen LogP contribution is 2.26. The molecule has 0 aliphatic carbocycles. The van der Waals surface area contributed by atoms with E-state index in [1.54, 1.807) is 0 Å². The number of carbonyl (C=O) groups excluding carboxylic acids is 1. The van der Waals surface area contributed by atoms with Crippen molar-refractivity contribution >= 4 is 28.4 Å². The zero-order chi connectivity index (χ0) is 23.0. The van der Waals surface area contributed by atoms with Gasteiger partial charge in [0.2, 0.25) is 0 Å². The Morgan fingerprint density at radius 3 is 2.45 bits per heavy atom. The van der Waals surface area contributed by atoms with E-state index >= 15 is 0 Å². The van der Waals surface area contributed by atoms with Crippen molar-refractivity contribution in [3.8, 4) is 0 Å². The summed E-state index contributed by atoms with van der Waals surface area (Å²) in [6, 6.07) is 8.04. The minimum atomic E-state index is -0.138. The first-order chi connectivity index (χ1) is 16.1. The van der Waals surface area contributed by atoms with E-state index < -0.39 is 0 Å². The Morgan fingerprint density at radius 1 is 0.970 bits per heavy atom. The van der Waals surface area contributed by atoms with E-state index in [0.29, 0.717) is 6.54 Å². The maximum absolute atomic E-state index is 12.4. The molecule has 180 valence electrons. The summed E-state index contributed by atoms with van der Waals surface area (Å²) >= 11 is 0. The molecule has 2 fully saturated rings. The molecule has 0 atom stereocenters. The first-order valence-electron chi connectivity index (χ1n) is 12.8. The lowest BCUT2D eigenvalue weighted by molar-refractivity contribution is 0.249. The van der Waals surface area contributed by atoms with Crippen LogP contribution < -0.4 is 15.5 Å². The van der Waals surface area contributed by atoms with Crippen molar-refractivity contribution in [3.05, 3.63) is 29.8 Å². The standard InChI is InChI=1S/C26H40N6O/c1-3-30-15-17-32(18-16-30)25-19-21(2)23-20-22(9-10-24(23)29-25)28-26(33)27-11-8-14-31-12-6-4-5-7-13-31/h9-10,19-20H,3-8,11-18H2,1-2H3,(H2,27,28,33). The van der Waals surface area contributed by atoms with Crippen LogP contribution in [0.5, 0.6) is 0 Å². The molecule has 7 nitrogen and oxygen atoms in total. The maximum atomic E-state index is 12.4. The number of hydrogen-bond donors (Lipinski definition) is 2. The van der Waals surface area contributed by atoms with Crippen LogP contribution in [0.4, 0.5) is 16.3 Å². The van der Waals surface area contributed by atoms with Gasteiger partial charge in [0.25, 0.3) is 0 Å². The summed E-state index contributed by atoms with van der Waals surface area (Å²) < 4.78 is 0. The van der Waals surface area contributed by atoms with Gasteiger partial charge in [0.05, 0.1) is 5.52 Å². The summed E-state index contributed by atoms with van der Waals surface area (Å²) in [5.74, 6) is 1.05. The van der Waals surface area contributed by atoms with Gasteiger partial charge in [0.15, 0.2) is 0 Å². The Morgan fingerprint density at radius 2 is 1.73 bits per heavy atom. The van der Waals surface area contributed by atoms with Gasteiger partial charge in [-0.2, -0.15) is 0 Å². The highest BCUT2D eigenvalue weighted by Gasteiger charge is 2.18. The number of pyridine rings is 1. The van der Waals surface area contributed by atoms with Crippen LogP contribution >= 0.6 is 0 Å². The first kappa shape index (κ1) is 23.8. The molecule has 1 aromatic carbocycles. The van der Waals surface area contributed by atoms with Gasteiger partial charge in [-0.1, -0.05) is 19.8 Å². The number of anilines is 2. The smallest absolute Gasteiger partial charge is 0.319 e. The SMILES string of the molecule is CCN1CCN(c2cc(C)c3cc(NC(=O)NCCCN4CCCCCC4)ccc3n2)CC1. The van der Waals surface area contributed by atoms with Crippen LogP contribution in [-0.4, -0.2) is 79.7 Å². The molecule has 2 N–H and O–H groups in total. The molecular formula is C26H40N6O. The lowest BCUT2D eigenvalue weighted by Crippen LogP contribution is -2.46. The predicted octanol–water partition coefficient (Wildman–Crippen LogP) is 4.07. The van der Waals surface area contributed by atoms with Crippen LogP contribution in [0, 0.1) is 6.92 Å². The molecule has 0 bridgehead atoms. The van der Waals surface area contributed by atoms with Gasteiger partial charge in [0.1, 0.15) is 5.82 Å². The van der Waals surface area contributed by atoms with Crippen LogP contribution in [0.25, 0.3) is 10.9 Å². The van der Waals surface area contributed by atoms with Crippen molar-refractivity contribution in [2.24, 2.45) is 0 Å². The largest absolute Gasteiger partial charge is 0.354 e. The van der Waals surface area contributed by atoms with E-state index in [2.05, 4.69) is 45.2 Å². The normalized spacial score (nSPS) is 18.3. The summed E-state index contributed by atoms with van der Waals surface area (Å²) in [7, 11) is 0. The van der Waals surface area contributed by atoms with Crippen molar-refractivity contribution in [1.82, 2.24) is 20.1 Å². The van der Waals surface area contributed by atoms with Crippen molar-refractivity contribution in [1.29, 1.82) is 0 Å². The van der Waals surface area contributed by atoms with Crippen molar-refractivity contribution in [2.45, 2.75) is 46.0 Å². The van der Waals surface area contributed by atoms with Gasteiger partial charge in [-0.05, 0) is 82.2 Å². The average molecular weight is 453 g/mol. The molecule has 3 heterocycles. The highest BCUT2D eigenvalue weighted by molar-refractivity contribution is 5.93. The van der Waals surface area contributed by atoms with Gasteiger partial charge < -0.3 is 25.3 Å². The van der Waals surface area contributed by atoms with E-state index in [1.165, 1.54) is 44.3 Å². The van der Waals surface area contributed by atoms with Gasteiger partial charge in [-0.25, -0.2) is 9.78 Å². The second-order valence-electron chi connectivity index (χ2n) is 9.44. The van der Waals surface area contributed by atoms with Crippen LogP contribution in [0.15, 0.2) is 24.3 Å². The summed E-state index contributed by atoms with van der Waals surface area (Å²) in [6.45, 7) is 13.8. The summed E-state index contributed by atoms with van der Waals surface area (Å²) in [6.07, 6.45) is 6.32. The molecular weight excluding hydrogens is 412 g/mol. The number of hydrogen-bond acceptors (Lipinski definition) is 5. The third-order valence-electron chi connectivity index (χ3n) is 7.04. The molecule has 2 aliphatic rings. The van der Waals surface area contributed by atoms with Gasteiger partial charge in [-0.3, -0.25) is 0 Å². The minimum absolute atomic E-state index is 0.138. The van der Waals surface area contributed by atoms with Crippen LogP contribution in [0.2, 0.25) is 0 Å².